The molecule has 2 heterocycles. The van der Waals surface area contributed by atoms with Crippen LogP contribution >= 0.6 is 23.4 Å². The number of carbonyl (C=O) groups excluding carboxylic acids is 1. The van der Waals surface area contributed by atoms with Crippen molar-refractivity contribution in [2.24, 2.45) is 5.92 Å². The molecule has 196 valence electrons. The fourth-order valence-corrected chi connectivity index (χ4v) is 5.07. The van der Waals surface area contributed by atoms with Crippen LogP contribution in [0.3, 0.4) is 0 Å². The number of anilines is 1. The van der Waals surface area contributed by atoms with Gasteiger partial charge in [0.1, 0.15) is 11.8 Å². The molecular weight excluding hydrogens is 508 g/mol. The van der Waals surface area contributed by atoms with Crippen LogP contribution < -0.4 is 10.1 Å². The lowest BCUT2D eigenvalue weighted by molar-refractivity contribution is -0.143. The molecule has 2 aromatic carbocycles. The molecule has 0 radical (unpaired) electrons. The van der Waals surface area contributed by atoms with Crippen LogP contribution in [0.2, 0.25) is 5.02 Å². The molecule has 0 saturated carbocycles. The van der Waals surface area contributed by atoms with Crippen molar-refractivity contribution in [1.29, 1.82) is 0 Å². The maximum absolute atomic E-state index is 13.2. The van der Waals surface area contributed by atoms with E-state index in [1.165, 1.54) is 11.8 Å². The zero-order chi connectivity index (χ0) is 26.5. The molecule has 9 heteroatoms. The molecule has 4 rings (SSSR count). The van der Waals surface area contributed by atoms with Crippen LogP contribution in [0.1, 0.15) is 58.2 Å². The molecule has 1 aromatic heterocycles. The van der Waals surface area contributed by atoms with Crippen LogP contribution in [0, 0.1) is 5.92 Å². The van der Waals surface area contributed by atoms with E-state index < -0.39 is 6.04 Å². The second-order valence-corrected chi connectivity index (χ2v) is 11.0. The van der Waals surface area contributed by atoms with E-state index >= 15 is 0 Å². The third kappa shape index (κ3) is 6.67. The highest BCUT2D eigenvalue weighted by Gasteiger charge is 2.35. The first kappa shape index (κ1) is 27.1. The fraction of sp³-hybridized carbons (Fsp3) is 0.393. The molecular formula is C28H33ClN4O3S. The average molecular weight is 541 g/mol. The van der Waals surface area contributed by atoms with E-state index in [1.807, 2.05) is 69.3 Å². The molecule has 7 nitrogen and oxygen atoms in total. The molecule has 0 fully saturated rings. The highest BCUT2D eigenvalue weighted by molar-refractivity contribution is 7.98. The van der Waals surface area contributed by atoms with E-state index in [9.17, 15) is 4.79 Å². The number of thioether (sulfide) groups is 1. The SMILES string of the molecule is CC1=C(C(=O)OC(C)C)C(c2ccc(OCCC(C)C)cc2)n2nc(SCc3ccccc3Cl)nc2N1. The van der Waals surface area contributed by atoms with E-state index in [0.717, 1.165) is 23.3 Å². The summed E-state index contributed by atoms with van der Waals surface area (Å²) in [4.78, 5) is 17.9. The highest BCUT2D eigenvalue weighted by Crippen LogP contribution is 2.38. The van der Waals surface area contributed by atoms with Crippen LogP contribution in [0.5, 0.6) is 5.75 Å². The summed E-state index contributed by atoms with van der Waals surface area (Å²) in [7, 11) is 0. The van der Waals surface area contributed by atoms with Gasteiger partial charge in [-0.25, -0.2) is 9.48 Å². The van der Waals surface area contributed by atoms with Gasteiger partial charge in [-0.05, 0) is 62.4 Å². The van der Waals surface area contributed by atoms with Crippen molar-refractivity contribution >= 4 is 35.3 Å². The molecule has 3 aromatic rings. The molecule has 0 aliphatic carbocycles. The number of fused-ring (bicyclic) bond motifs is 1. The number of halogens is 1. The van der Waals surface area contributed by atoms with Crippen LogP contribution in [-0.4, -0.2) is 33.4 Å². The summed E-state index contributed by atoms with van der Waals surface area (Å²) >= 11 is 7.82. The lowest BCUT2D eigenvalue weighted by atomic mass is 9.95. The Labute approximate surface area is 227 Å². The van der Waals surface area contributed by atoms with Crippen molar-refractivity contribution < 1.29 is 14.3 Å². The number of aromatic nitrogens is 3. The highest BCUT2D eigenvalue weighted by atomic mass is 35.5. The minimum Gasteiger partial charge on any atom is -0.494 e. The quantitative estimate of drug-likeness (QED) is 0.221. The topological polar surface area (TPSA) is 78.3 Å². The van der Waals surface area contributed by atoms with Gasteiger partial charge in [-0.2, -0.15) is 4.98 Å². The summed E-state index contributed by atoms with van der Waals surface area (Å²) in [5.74, 6) is 2.19. The van der Waals surface area contributed by atoms with Crippen LogP contribution in [0.25, 0.3) is 0 Å². The minimum atomic E-state index is -0.491. The average Bonchev–Trinajstić information content (AvgIpc) is 3.25. The second kappa shape index (κ2) is 12.0. The predicted octanol–water partition coefficient (Wildman–Crippen LogP) is 6.89. The Hall–Kier alpha value is -2.97. The third-order valence-electron chi connectivity index (χ3n) is 5.87. The number of benzene rings is 2. The number of allylic oxidation sites excluding steroid dienone is 1. The molecule has 0 spiro atoms. The van der Waals surface area contributed by atoms with Crippen LogP contribution in [0.15, 0.2) is 65.0 Å². The number of nitrogens with one attached hydrogen (secondary N) is 1. The predicted molar refractivity (Wildman–Crippen MR) is 148 cm³/mol. The first-order valence-electron chi connectivity index (χ1n) is 12.5. The standard InChI is InChI=1S/C28H33ClN4O3S/c1-17(2)14-15-35-22-12-10-20(11-13-22)25-24(26(34)36-18(3)4)19(5)30-27-31-28(32-33(25)27)37-16-21-8-6-7-9-23(21)29/h6-13,17-18,25H,14-16H2,1-5H3,(H,30,31,32). The number of esters is 1. The number of rotatable bonds is 10. The summed E-state index contributed by atoms with van der Waals surface area (Å²) in [6.45, 7) is 10.6. The Morgan fingerprint density at radius 2 is 1.86 bits per heavy atom. The van der Waals surface area contributed by atoms with Gasteiger partial charge >= 0.3 is 5.97 Å². The van der Waals surface area contributed by atoms with Gasteiger partial charge in [0.05, 0.1) is 18.3 Å². The van der Waals surface area contributed by atoms with Gasteiger partial charge in [0.15, 0.2) is 0 Å². The summed E-state index contributed by atoms with van der Waals surface area (Å²) < 4.78 is 13.3. The normalized spacial score (nSPS) is 15.1. The van der Waals surface area contributed by atoms with E-state index in [0.29, 0.717) is 45.7 Å². The van der Waals surface area contributed by atoms with Crippen molar-refractivity contribution in [2.45, 2.75) is 64.1 Å². The lowest BCUT2D eigenvalue weighted by Crippen LogP contribution is -2.30. The van der Waals surface area contributed by atoms with Crippen LogP contribution in [0.4, 0.5) is 5.95 Å². The molecule has 0 saturated heterocycles. The van der Waals surface area contributed by atoms with Gasteiger partial charge in [-0.1, -0.05) is 67.5 Å². The summed E-state index contributed by atoms with van der Waals surface area (Å²) in [6, 6.07) is 15.0. The molecule has 1 atom stereocenters. The largest absolute Gasteiger partial charge is 0.494 e. The summed E-state index contributed by atoms with van der Waals surface area (Å²) in [6.07, 6.45) is 0.740. The Morgan fingerprint density at radius 1 is 1.14 bits per heavy atom. The number of carbonyl (C=O) groups is 1. The number of ether oxygens (including phenoxy) is 2. The zero-order valence-corrected chi connectivity index (χ0v) is 23.4. The number of hydrogen-bond donors (Lipinski definition) is 1. The maximum atomic E-state index is 13.2. The lowest BCUT2D eigenvalue weighted by Gasteiger charge is -2.28. The smallest absolute Gasteiger partial charge is 0.338 e. The van der Waals surface area contributed by atoms with Gasteiger partial charge in [0, 0.05) is 16.5 Å². The van der Waals surface area contributed by atoms with Crippen molar-refractivity contribution in [2.75, 3.05) is 11.9 Å². The van der Waals surface area contributed by atoms with Crippen LogP contribution in [-0.2, 0) is 15.3 Å². The maximum Gasteiger partial charge on any atom is 0.338 e. The molecule has 0 bridgehead atoms. The van der Waals surface area contributed by atoms with Gasteiger partial charge < -0.3 is 14.8 Å². The van der Waals surface area contributed by atoms with Gasteiger partial charge in [-0.15, -0.1) is 5.10 Å². The van der Waals surface area contributed by atoms with Crippen molar-refractivity contribution in [1.82, 2.24) is 14.8 Å². The molecule has 1 unspecified atom stereocenters. The Balaban J connectivity index is 1.63. The molecule has 1 N–H and O–H groups in total. The Bertz CT molecular complexity index is 1270. The van der Waals surface area contributed by atoms with E-state index in [4.69, 9.17) is 31.2 Å². The van der Waals surface area contributed by atoms with E-state index in [-0.39, 0.29) is 12.1 Å². The Morgan fingerprint density at radius 3 is 2.54 bits per heavy atom. The second-order valence-electron chi connectivity index (χ2n) is 9.66. The van der Waals surface area contributed by atoms with E-state index in [1.54, 1.807) is 4.68 Å². The van der Waals surface area contributed by atoms with Gasteiger partial charge in [-0.3, -0.25) is 0 Å². The molecule has 1 aliphatic rings. The first-order chi connectivity index (χ1) is 17.7. The van der Waals surface area contributed by atoms with Crippen molar-refractivity contribution in [3.63, 3.8) is 0 Å². The van der Waals surface area contributed by atoms with Crippen molar-refractivity contribution in [3.8, 4) is 5.75 Å². The monoisotopic (exact) mass is 540 g/mol. The fourth-order valence-electron chi connectivity index (χ4n) is 3.96. The summed E-state index contributed by atoms with van der Waals surface area (Å²) in [5, 5.41) is 9.33. The first-order valence-corrected chi connectivity index (χ1v) is 13.8. The molecule has 37 heavy (non-hydrogen) atoms. The molecule has 0 amide bonds. The summed E-state index contributed by atoms with van der Waals surface area (Å²) in [5.41, 5.74) is 3.09. The third-order valence-corrected chi connectivity index (χ3v) is 7.13. The number of hydrogen-bond acceptors (Lipinski definition) is 7. The van der Waals surface area contributed by atoms with Gasteiger partial charge in [0.25, 0.3) is 0 Å². The zero-order valence-electron chi connectivity index (χ0n) is 21.8. The Kier molecular flexibility index (Phi) is 8.82. The minimum absolute atomic E-state index is 0.246. The molecule has 1 aliphatic heterocycles. The number of nitrogens with zero attached hydrogens (tertiary/aromatic N) is 3. The van der Waals surface area contributed by atoms with Crippen molar-refractivity contribution in [3.05, 3.63) is 76.0 Å². The van der Waals surface area contributed by atoms with Gasteiger partial charge in [0.2, 0.25) is 11.1 Å². The van der Waals surface area contributed by atoms with E-state index in [2.05, 4.69) is 19.2 Å².